The zero-order valence-electron chi connectivity index (χ0n) is 10.5. The molecule has 0 fully saturated rings. The average molecular weight is 354 g/mol. The lowest BCUT2D eigenvalue weighted by Crippen LogP contribution is -2.13. The van der Waals surface area contributed by atoms with Gasteiger partial charge in [0.25, 0.3) is 0 Å². The topological polar surface area (TPSA) is 102 Å². The van der Waals surface area contributed by atoms with Crippen molar-refractivity contribution >= 4 is 27.5 Å². The molecule has 21 heavy (non-hydrogen) atoms. The number of hydrogen-bond donors (Lipinski definition) is 2. The maximum Gasteiger partial charge on any atom is 0.311 e. The summed E-state index contributed by atoms with van der Waals surface area (Å²) in [4.78, 5) is 10.3. The van der Waals surface area contributed by atoms with Gasteiger partial charge in [0.15, 0.2) is 0 Å². The highest BCUT2D eigenvalue weighted by molar-refractivity contribution is 9.10. The van der Waals surface area contributed by atoms with E-state index in [1.807, 2.05) is 0 Å². The van der Waals surface area contributed by atoms with Gasteiger partial charge in [-0.05, 0) is 34.1 Å². The first kappa shape index (κ1) is 14.9. The number of halogens is 2. The molecule has 0 saturated heterocycles. The van der Waals surface area contributed by atoms with E-state index < -0.39 is 10.7 Å². The Bertz CT molecular complexity index is 737. The van der Waals surface area contributed by atoms with Crippen LogP contribution in [-0.2, 0) is 0 Å². The predicted molar refractivity (Wildman–Crippen MR) is 78.3 cm³/mol. The van der Waals surface area contributed by atoms with Crippen LogP contribution in [0.3, 0.4) is 0 Å². The largest absolute Gasteiger partial charge is 0.449 e. The molecule has 0 saturated carbocycles. The summed E-state index contributed by atoms with van der Waals surface area (Å²) in [6.45, 7) is 0. The van der Waals surface area contributed by atoms with Crippen LogP contribution in [-0.4, -0.2) is 10.8 Å². The zero-order chi connectivity index (χ0) is 15.6. The number of nitro benzene ring substituents is 1. The molecule has 0 spiro atoms. The summed E-state index contributed by atoms with van der Waals surface area (Å²) in [5.74, 6) is -1.10. The third-order valence-corrected chi connectivity index (χ3v) is 3.24. The molecule has 0 aliphatic carbocycles. The number of benzene rings is 2. The molecule has 0 aromatic heterocycles. The van der Waals surface area contributed by atoms with Crippen molar-refractivity contribution in [1.29, 1.82) is 5.41 Å². The minimum Gasteiger partial charge on any atom is -0.449 e. The molecule has 0 aliphatic rings. The molecule has 3 N–H and O–H groups in total. The van der Waals surface area contributed by atoms with Gasteiger partial charge in [-0.2, -0.15) is 0 Å². The van der Waals surface area contributed by atoms with Crippen molar-refractivity contribution in [2.75, 3.05) is 0 Å². The first-order valence-corrected chi connectivity index (χ1v) is 6.44. The van der Waals surface area contributed by atoms with Crippen LogP contribution >= 0.6 is 15.9 Å². The van der Waals surface area contributed by atoms with Gasteiger partial charge >= 0.3 is 5.69 Å². The van der Waals surface area contributed by atoms with Gasteiger partial charge in [-0.1, -0.05) is 6.07 Å². The van der Waals surface area contributed by atoms with Gasteiger partial charge in [-0.3, -0.25) is 15.5 Å². The SMILES string of the molecule is N=C(N)c1c(Br)cccc1Oc1cc(F)ccc1[N+](=O)[O-]. The van der Waals surface area contributed by atoms with Gasteiger partial charge in [0, 0.05) is 16.6 Å². The first-order chi connectivity index (χ1) is 9.90. The van der Waals surface area contributed by atoms with Crippen molar-refractivity contribution in [3.8, 4) is 11.5 Å². The Morgan fingerprint density at radius 3 is 2.67 bits per heavy atom. The smallest absolute Gasteiger partial charge is 0.311 e. The molecular weight excluding hydrogens is 345 g/mol. The molecule has 0 unspecified atom stereocenters. The van der Waals surface area contributed by atoms with Gasteiger partial charge < -0.3 is 10.5 Å². The maximum absolute atomic E-state index is 13.3. The lowest BCUT2D eigenvalue weighted by molar-refractivity contribution is -0.385. The molecule has 2 aromatic rings. The number of nitrogens with zero attached hydrogens (tertiary/aromatic N) is 1. The van der Waals surface area contributed by atoms with E-state index in [-0.39, 0.29) is 28.6 Å². The van der Waals surface area contributed by atoms with Gasteiger partial charge in [0.05, 0.1) is 10.5 Å². The highest BCUT2D eigenvalue weighted by atomic mass is 79.9. The standard InChI is InChI=1S/C13H9BrFN3O3/c14-8-2-1-3-10(12(8)13(16)17)21-11-6-7(15)4-5-9(11)18(19)20/h1-6H,(H3,16,17). The lowest BCUT2D eigenvalue weighted by atomic mass is 10.2. The van der Waals surface area contributed by atoms with E-state index in [0.717, 1.165) is 18.2 Å². The molecule has 0 radical (unpaired) electrons. The Morgan fingerprint density at radius 1 is 1.33 bits per heavy atom. The molecule has 0 aliphatic heterocycles. The normalized spacial score (nSPS) is 10.2. The van der Waals surface area contributed by atoms with Crippen LogP contribution in [0.2, 0.25) is 0 Å². The number of nitro groups is 1. The van der Waals surface area contributed by atoms with E-state index in [4.69, 9.17) is 15.9 Å². The van der Waals surface area contributed by atoms with Gasteiger partial charge in [-0.25, -0.2) is 4.39 Å². The van der Waals surface area contributed by atoms with E-state index in [1.165, 1.54) is 6.07 Å². The van der Waals surface area contributed by atoms with Crippen molar-refractivity contribution in [3.05, 3.63) is 62.4 Å². The second-order valence-corrected chi connectivity index (χ2v) is 4.85. The van der Waals surface area contributed by atoms with Crippen LogP contribution in [0.4, 0.5) is 10.1 Å². The number of rotatable bonds is 4. The molecule has 2 aromatic carbocycles. The summed E-state index contributed by atoms with van der Waals surface area (Å²) in [6.07, 6.45) is 0. The first-order valence-electron chi connectivity index (χ1n) is 5.65. The Balaban J connectivity index is 2.53. The van der Waals surface area contributed by atoms with E-state index in [9.17, 15) is 14.5 Å². The van der Waals surface area contributed by atoms with Crippen LogP contribution in [0.15, 0.2) is 40.9 Å². The molecule has 108 valence electrons. The molecule has 0 atom stereocenters. The summed E-state index contributed by atoms with van der Waals surface area (Å²) >= 11 is 3.21. The lowest BCUT2D eigenvalue weighted by Gasteiger charge is -2.11. The fraction of sp³-hybridized carbons (Fsp3) is 0. The third-order valence-electron chi connectivity index (χ3n) is 2.58. The Kier molecular flexibility index (Phi) is 4.18. The van der Waals surface area contributed by atoms with Gasteiger partial charge in [0.1, 0.15) is 17.4 Å². The van der Waals surface area contributed by atoms with Crippen molar-refractivity contribution in [3.63, 3.8) is 0 Å². The van der Waals surface area contributed by atoms with Crippen molar-refractivity contribution in [2.45, 2.75) is 0 Å². The van der Waals surface area contributed by atoms with Crippen molar-refractivity contribution < 1.29 is 14.1 Å². The summed E-state index contributed by atoms with van der Waals surface area (Å²) in [5.41, 5.74) is 5.31. The number of amidine groups is 1. The van der Waals surface area contributed by atoms with Crippen LogP contribution in [0.1, 0.15) is 5.56 Å². The minimum atomic E-state index is -0.680. The second-order valence-electron chi connectivity index (χ2n) is 4.00. The molecule has 0 amide bonds. The third kappa shape index (κ3) is 3.16. The van der Waals surface area contributed by atoms with E-state index >= 15 is 0 Å². The van der Waals surface area contributed by atoms with Crippen LogP contribution in [0, 0.1) is 21.3 Å². The summed E-state index contributed by atoms with van der Waals surface area (Å²) in [5, 5.41) is 18.5. The summed E-state index contributed by atoms with van der Waals surface area (Å²) < 4.78 is 19.2. The molecule has 6 nitrogen and oxygen atoms in total. The Labute approximate surface area is 127 Å². The molecule has 8 heteroatoms. The Morgan fingerprint density at radius 2 is 2.05 bits per heavy atom. The van der Waals surface area contributed by atoms with Crippen LogP contribution in [0.5, 0.6) is 11.5 Å². The minimum absolute atomic E-state index is 0.116. The summed E-state index contributed by atoms with van der Waals surface area (Å²) in [7, 11) is 0. The fourth-order valence-electron chi connectivity index (χ4n) is 1.69. The fourth-order valence-corrected chi connectivity index (χ4v) is 2.25. The average Bonchev–Trinajstić information content (AvgIpc) is 2.37. The quantitative estimate of drug-likeness (QED) is 0.379. The number of nitrogen functional groups attached to an aromatic ring is 1. The van der Waals surface area contributed by atoms with E-state index in [0.29, 0.717) is 4.47 Å². The molecule has 0 bridgehead atoms. The van der Waals surface area contributed by atoms with Gasteiger partial charge in [-0.15, -0.1) is 0 Å². The van der Waals surface area contributed by atoms with Crippen LogP contribution < -0.4 is 10.5 Å². The van der Waals surface area contributed by atoms with E-state index in [2.05, 4.69) is 15.9 Å². The predicted octanol–water partition coefficient (Wildman–Crippen LogP) is 3.57. The van der Waals surface area contributed by atoms with E-state index in [1.54, 1.807) is 12.1 Å². The second kappa shape index (κ2) is 5.88. The van der Waals surface area contributed by atoms with Gasteiger partial charge in [0.2, 0.25) is 5.75 Å². The number of nitrogens with one attached hydrogen (secondary N) is 1. The Hall–Kier alpha value is -2.48. The molecular formula is C13H9BrFN3O3. The highest BCUT2D eigenvalue weighted by Crippen LogP contribution is 2.35. The summed E-state index contributed by atoms with van der Waals surface area (Å²) in [6, 6.07) is 7.62. The van der Waals surface area contributed by atoms with Crippen molar-refractivity contribution in [2.24, 2.45) is 5.73 Å². The van der Waals surface area contributed by atoms with Crippen LogP contribution in [0.25, 0.3) is 0 Å². The zero-order valence-corrected chi connectivity index (χ0v) is 12.1. The van der Waals surface area contributed by atoms with Crippen molar-refractivity contribution in [1.82, 2.24) is 0 Å². The number of hydrogen-bond acceptors (Lipinski definition) is 4. The highest BCUT2D eigenvalue weighted by Gasteiger charge is 2.19. The molecule has 2 rings (SSSR count). The monoisotopic (exact) mass is 353 g/mol. The molecule has 0 heterocycles. The number of nitrogens with two attached hydrogens (primary N) is 1. The number of ether oxygens (including phenoxy) is 1. The maximum atomic E-state index is 13.3.